The van der Waals surface area contributed by atoms with Crippen molar-refractivity contribution in [3.05, 3.63) is 35.9 Å². The molecule has 4 heteroatoms. The van der Waals surface area contributed by atoms with Crippen LogP contribution in [-0.4, -0.2) is 18.1 Å². The van der Waals surface area contributed by atoms with Crippen molar-refractivity contribution in [2.45, 2.75) is 32.9 Å². The predicted octanol–water partition coefficient (Wildman–Crippen LogP) is 2.48. The normalized spacial score (nSPS) is 11.7. The summed E-state index contributed by atoms with van der Waals surface area (Å²) in [5.74, 6) is -0.215. The molecule has 0 bridgehead atoms. The van der Waals surface area contributed by atoms with Gasteiger partial charge in [-0.3, -0.25) is 0 Å². The number of rotatable bonds is 6. The summed E-state index contributed by atoms with van der Waals surface area (Å²) in [5.41, 5.74) is 0.907. The Bertz CT molecular complexity index is 422. The van der Waals surface area contributed by atoms with Gasteiger partial charge in [-0.2, -0.15) is 4.99 Å². The largest absolute Gasteiger partial charge is 0.459 e. The van der Waals surface area contributed by atoms with Gasteiger partial charge in [-0.25, -0.2) is 9.59 Å². The van der Waals surface area contributed by atoms with E-state index in [4.69, 9.17) is 4.74 Å². The van der Waals surface area contributed by atoms with Crippen LogP contribution >= 0.6 is 0 Å². The minimum Gasteiger partial charge on any atom is -0.459 e. The molecule has 0 amide bonds. The number of hydrogen-bond donors (Lipinski definition) is 0. The fourth-order valence-electron chi connectivity index (χ4n) is 1.54. The smallest absolute Gasteiger partial charge is 0.332 e. The molecule has 0 aliphatic heterocycles. The van der Waals surface area contributed by atoms with Crippen molar-refractivity contribution in [3.8, 4) is 0 Å². The molecule has 0 aromatic heterocycles. The van der Waals surface area contributed by atoms with Gasteiger partial charge in [0.25, 0.3) is 0 Å². The lowest BCUT2D eigenvalue weighted by Gasteiger charge is -2.12. The third kappa shape index (κ3) is 4.93. The molecule has 18 heavy (non-hydrogen) atoms. The molecule has 0 spiro atoms. The van der Waals surface area contributed by atoms with E-state index in [0.717, 1.165) is 5.56 Å². The quantitative estimate of drug-likeness (QED) is 0.441. The van der Waals surface area contributed by atoms with Crippen LogP contribution in [0.1, 0.15) is 25.8 Å². The molecule has 0 unspecified atom stereocenters. The SMILES string of the molecule is CC(C)C[C@H](N=C=O)C(=O)OCc1ccccc1. The first-order valence-electron chi connectivity index (χ1n) is 5.91. The molecule has 1 rings (SSSR count). The minimum absolute atomic E-state index is 0.197. The average molecular weight is 247 g/mol. The van der Waals surface area contributed by atoms with Crippen molar-refractivity contribution in [3.63, 3.8) is 0 Å². The monoisotopic (exact) mass is 247 g/mol. The summed E-state index contributed by atoms with van der Waals surface area (Å²) in [6.45, 7) is 4.11. The lowest BCUT2D eigenvalue weighted by atomic mass is 10.0. The van der Waals surface area contributed by atoms with E-state index in [1.807, 2.05) is 44.2 Å². The second kappa shape index (κ2) is 7.41. The number of ether oxygens (including phenoxy) is 1. The number of benzene rings is 1. The molecule has 1 aromatic rings. The standard InChI is InChI=1S/C14H17NO3/c1-11(2)8-13(15-10-16)14(17)18-9-12-6-4-3-5-7-12/h3-7,11,13H,8-9H2,1-2H3/t13-/m0/s1. The van der Waals surface area contributed by atoms with Crippen molar-refractivity contribution < 1.29 is 14.3 Å². The van der Waals surface area contributed by atoms with Crippen LogP contribution in [0.15, 0.2) is 35.3 Å². The Morgan fingerprint density at radius 1 is 1.33 bits per heavy atom. The molecule has 0 saturated heterocycles. The maximum absolute atomic E-state index is 11.7. The van der Waals surface area contributed by atoms with Crippen molar-refractivity contribution in [2.24, 2.45) is 10.9 Å². The van der Waals surface area contributed by atoms with E-state index in [1.165, 1.54) is 6.08 Å². The van der Waals surface area contributed by atoms with E-state index in [1.54, 1.807) is 0 Å². The summed E-state index contributed by atoms with van der Waals surface area (Å²) >= 11 is 0. The van der Waals surface area contributed by atoms with Crippen LogP contribution in [-0.2, 0) is 20.9 Å². The predicted molar refractivity (Wildman–Crippen MR) is 67.6 cm³/mol. The first-order valence-corrected chi connectivity index (χ1v) is 5.91. The Labute approximate surface area is 107 Å². The zero-order chi connectivity index (χ0) is 13.4. The van der Waals surface area contributed by atoms with Gasteiger partial charge < -0.3 is 4.74 Å². The van der Waals surface area contributed by atoms with E-state index < -0.39 is 12.0 Å². The second-order valence-electron chi connectivity index (χ2n) is 4.46. The van der Waals surface area contributed by atoms with Gasteiger partial charge in [0.1, 0.15) is 6.61 Å². The number of aliphatic imine (C=N–C) groups is 1. The van der Waals surface area contributed by atoms with Crippen LogP contribution in [0.25, 0.3) is 0 Å². The highest BCUT2D eigenvalue weighted by Crippen LogP contribution is 2.11. The molecular weight excluding hydrogens is 230 g/mol. The summed E-state index contributed by atoms with van der Waals surface area (Å²) in [5, 5.41) is 0. The van der Waals surface area contributed by atoms with Gasteiger partial charge in [-0.15, -0.1) is 0 Å². The lowest BCUT2D eigenvalue weighted by Crippen LogP contribution is -2.23. The zero-order valence-electron chi connectivity index (χ0n) is 10.6. The number of esters is 1. The zero-order valence-corrected chi connectivity index (χ0v) is 10.6. The second-order valence-corrected chi connectivity index (χ2v) is 4.46. The summed E-state index contributed by atoms with van der Waals surface area (Å²) in [4.78, 5) is 25.5. The number of carbonyl (C=O) groups excluding carboxylic acids is 2. The maximum Gasteiger partial charge on any atom is 0.332 e. The fourth-order valence-corrected chi connectivity index (χ4v) is 1.54. The van der Waals surface area contributed by atoms with Gasteiger partial charge in [0.15, 0.2) is 6.04 Å². The lowest BCUT2D eigenvalue weighted by molar-refractivity contribution is -0.146. The fraction of sp³-hybridized carbons (Fsp3) is 0.429. The molecule has 1 aromatic carbocycles. The third-order valence-electron chi connectivity index (χ3n) is 2.40. The Hall–Kier alpha value is -1.93. The van der Waals surface area contributed by atoms with Gasteiger partial charge in [0.2, 0.25) is 6.08 Å². The summed E-state index contributed by atoms with van der Waals surface area (Å²) < 4.78 is 5.13. The number of carbonyl (C=O) groups is 1. The summed E-state index contributed by atoms with van der Waals surface area (Å²) in [7, 11) is 0. The first kappa shape index (κ1) is 14.1. The number of nitrogens with zero attached hydrogens (tertiary/aromatic N) is 1. The Balaban J connectivity index is 2.54. The van der Waals surface area contributed by atoms with Crippen LogP contribution in [0.2, 0.25) is 0 Å². The molecule has 0 radical (unpaired) electrons. The van der Waals surface area contributed by atoms with Crippen molar-refractivity contribution in [1.82, 2.24) is 0 Å². The first-order chi connectivity index (χ1) is 8.63. The number of isocyanates is 1. The van der Waals surface area contributed by atoms with Crippen LogP contribution in [0.5, 0.6) is 0 Å². The average Bonchev–Trinajstić information content (AvgIpc) is 2.36. The Morgan fingerprint density at radius 2 is 2.00 bits per heavy atom. The van der Waals surface area contributed by atoms with E-state index in [2.05, 4.69) is 4.99 Å². The van der Waals surface area contributed by atoms with Crippen molar-refractivity contribution in [1.29, 1.82) is 0 Å². The van der Waals surface area contributed by atoms with Crippen molar-refractivity contribution >= 4 is 12.0 Å². The van der Waals surface area contributed by atoms with Gasteiger partial charge in [-0.1, -0.05) is 44.2 Å². The van der Waals surface area contributed by atoms with Gasteiger partial charge >= 0.3 is 5.97 Å². The molecule has 0 aliphatic rings. The van der Waals surface area contributed by atoms with Crippen molar-refractivity contribution in [2.75, 3.05) is 0 Å². The molecule has 4 nitrogen and oxygen atoms in total. The van der Waals surface area contributed by atoms with Gasteiger partial charge in [0.05, 0.1) is 0 Å². The van der Waals surface area contributed by atoms with E-state index in [-0.39, 0.29) is 12.5 Å². The highest BCUT2D eigenvalue weighted by Gasteiger charge is 2.20. The molecule has 0 aliphatic carbocycles. The summed E-state index contributed by atoms with van der Waals surface area (Å²) in [6.07, 6.45) is 1.92. The molecule has 1 atom stereocenters. The van der Waals surface area contributed by atoms with Gasteiger partial charge in [-0.05, 0) is 17.9 Å². The van der Waals surface area contributed by atoms with Crippen LogP contribution < -0.4 is 0 Å². The number of hydrogen-bond acceptors (Lipinski definition) is 4. The van der Waals surface area contributed by atoms with E-state index in [9.17, 15) is 9.59 Å². The maximum atomic E-state index is 11.7. The van der Waals surface area contributed by atoms with Crippen LogP contribution in [0.3, 0.4) is 0 Å². The topological polar surface area (TPSA) is 55.7 Å². The molecule has 96 valence electrons. The van der Waals surface area contributed by atoms with Crippen LogP contribution in [0.4, 0.5) is 0 Å². The van der Waals surface area contributed by atoms with E-state index in [0.29, 0.717) is 6.42 Å². The molecular formula is C14H17NO3. The molecule has 0 heterocycles. The highest BCUT2D eigenvalue weighted by molar-refractivity contribution is 5.76. The van der Waals surface area contributed by atoms with E-state index >= 15 is 0 Å². The Kier molecular flexibility index (Phi) is 5.81. The Morgan fingerprint density at radius 3 is 2.56 bits per heavy atom. The third-order valence-corrected chi connectivity index (χ3v) is 2.40. The molecule has 0 N–H and O–H groups in total. The van der Waals surface area contributed by atoms with Crippen LogP contribution in [0, 0.1) is 5.92 Å². The molecule has 0 fully saturated rings. The molecule has 0 saturated carbocycles. The summed E-state index contributed by atoms with van der Waals surface area (Å²) in [6, 6.07) is 8.63. The minimum atomic E-state index is -0.744. The van der Waals surface area contributed by atoms with Gasteiger partial charge in [0, 0.05) is 0 Å². The highest BCUT2D eigenvalue weighted by atomic mass is 16.5.